The monoisotopic (exact) mass is 792 g/mol. The number of aliphatic carboxylic acids is 1. The molecule has 0 aromatic carbocycles. The summed E-state index contributed by atoms with van der Waals surface area (Å²) in [5.74, 6) is -9.68. The van der Waals surface area contributed by atoms with Crippen LogP contribution in [0.5, 0.6) is 0 Å². The highest BCUT2D eigenvalue weighted by atomic mass is 16.8. The number of aliphatic hydroxyl groups excluding tert-OH is 3. The smallest absolute Gasteiger partial charge is 0.317 e. The lowest BCUT2D eigenvalue weighted by Crippen LogP contribution is -2.65. The van der Waals surface area contributed by atoms with Gasteiger partial charge in [-0.15, -0.1) is 0 Å². The van der Waals surface area contributed by atoms with Crippen LogP contribution in [0.1, 0.15) is 100 Å². The topological polar surface area (TPSA) is 257 Å². The fourth-order valence-electron chi connectivity index (χ4n) is 5.61. The zero-order valence-electron chi connectivity index (χ0n) is 33.0. The Hall–Kier alpha value is -3.42. The molecule has 0 aliphatic carbocycles. The molecule has 2 aliphatic heterocycles. The number of hydrogen-bond donors (Lipinski definition) is 4. The number of carbonyl (C=O) groups is 6. The van der Waals surface area contributed by atoms with E-state index in [9.17, 15) is 44.1 Å². The number of carboxylic acid groups (broad SMARTS) is 1. The third-order valence-corrected chi connectivity index (χ3v) is 9.27. The number of esters is 5. The number of carboxylic acids is 1. The van der Waals surface area contributed by atoms with Crippen molar-refractivity contribution in [2.75, 3.05) is 19.8 Å². The van der Waals surface area contributed by atoms with Crippen LogP contribution >= 0.6 is 0 Å². The standard InChI is InChI=1S/C37H60O18/c1-9-21(7)34(46)48-17-24-30(52-28(43)14-20(5)6)31(51-26(41)13-11-12-19(3)4)32(53-35(47)22(8)10-2)36(50-24)55-37(18-49-27(42)15-25(39)40)33(45)29(44)23(16-38)54-37/h19-24,29-33,36,38,44-45H,9-18H2,1-8H3,(H,39,40)/t21?,22?,23-,24-,29-,30-,31+,32-,33+,36-,37+/m1/s1. The minimum Gasteiger partial charge on any atom is -0.481 e. The van der Waals surface area contributed by atoms with Crippen LogP contribution in [0, 0.1) is 23.7 Å². The van der Waals surface area contributed by atoms with Gasteiger partial charge in [0.15, 0.2) is 18.3 Å². The van der Waals surface area contributed by atoms with Crippen molar-refractivity contribution >= 4 is 35.8 Å². The van der Waals surface area contributed by atoms with Gasteiger partial charge in [0.25, 0.3) is 0 Å². The second-order valence-corrected chi connectivity index (χ2v) is 14.9. The SMILES string of the molecule is CCC(C)C(=O)OC[C@H]1O[C@H](O[C@]2(COC(=O)CC(=O)O)O[C@H](CO)[C@@H](O)[C@@H]2O)[C@H](OC(=O)C(C)CC)[C@@H](OC(=O)CCCC(C)C)[C@@H]1OC(=O)CC(C)C. The summed E-state index contributed by atoms with van der Waals surface area (Å²) in [7, 11) is 0. The molecule has 0 saturated carbocycles. The molecule has 316 valence electrons. The highest BCUT2D eigenvalue weighted by molar-refractivity contribution is 5.90. The first-order chi connectivity index (χ1) is 25.8. The van der Waals surface area contributed by atoms with E-state index in [0.29, 0.717) is 25.7 Å². The van der Waals surface area contributed by atoms with Gasteiger partial charge in [0.2, 0.25) is 12.1 Å². The Bertz CT molecular complexity index is 1290. The first-order valence-corrected chi connectivity index (χ1v) is 18.9. The van der Waals surface area contributed by atoms with E-state index in [2.05, 4.69) is 0 Å². The molecule has 2 heterocycles. The summed E-state index contributed by atoms with van der Waals surface area (Å²) in [4.78, 5) is 76.6. The van der Waals surface area contributed by atoms with Crippen molar-refractivity contribution in [3.8, 4) is 0 Å². The van der Waals surface area contributed by atoms with Crippen LogP contribution in [0.15, 0.2) is 0 Å². The number of aliphatic hydroxyl groups is 3. The summed E-state index contributed by atoms with van der Waals surface area (Å²) in [5, 5.41) is 41.0. The molecule has 0 amide bonds. The lowest BCUT2D eigenvalue weighted by molar-refractivity contribution is -0.384. The van der Waals surface area contributed by atoms with E-state index in [0.717, 1.165) is 0 Å². The van der Waals surface area contributed by atoms with Gasteiger partial charge in [-0.1, -0.05) is 61.8 Å². The van der Waals surface area contributed by atoms with Gasteiger partial charge < -0.3 is 58.3 Å². The fourth-order valence-corrected chi connectivity index (χ4v) is 5.61. The highest BCUT2D eigenvalue weighted by Crippen LogP contribution is 2.39. The van der Waals surface area contributed by atoms with E-state index >= 15 is 0 Å². The van der Waals surface area contributed by atoms with Gasteiger partial charge in [0, 0.05) is 12.8 Å². The Morgan fingerprint density at radius 2 is 1.36 bits per heavy atom. The molecule has 0 aromatic heterocycles. The fraction of sp³-hybridized carbons (Fsp3) is 0.838. The summed E-state index contributed by atoms with van der Waals surface area (Å²) >= 11 is 0. The Balaban J connectivity index is 2.78. The lowest BCUT2D eigenvalue weighted by atomic mass is 9.97. The zero-order valence-corrected chi connectivity index (χ0v) is 33.0. The van der Waals surface area contributed by atoms with E-state index in [1.165, 1.54) is 0 Å². The molecule has 18 nitrogen and oxygen atoms in total. The second-order valence-electron chi connectivity index (χ2n) is 14.9. The maximum atomic E-state index is 13.5. The van der Waals surface area contributed by atoms with Crippen molar-refractivity contribution in [3.63, 3.8) is 0 Å². The van der Waals surface area contributed by atoms with E-state index in [1.54, 1.807) is 41.5 Å². The third-order valence-electron chi connectivity index (χ3n) is 9.27. The van der Waals surface area contributed by atoms with E-state index in [1.807, 2.05) is 13.8 Å². The van der Waals surface area contributed by atoms with Crippen LogP contribution in [0.2, 0.25) is 0 Å². The quantitative estimate of drug-likeness (QED) is 0.0692. The van der Waals surface area contributed by atoms with Crippen LogP contribution in [-0.4, -0.2) is 131 Å². The predicted octanol–water partition coefficient (Wildman–Crippen LogP) is 1.80. The van der Waals surface area contributed by atoms with Crippen molar-refractivity contribution in [1.82, 2.24) is 0 Å². The number of hydrogen-bond acceptors (Lipinski definition) is 17. The van der Waals surface area contributed by atoms with Gasteiger partial charge in [-0.25, -0.2) is 0 Å². The maximum Gasteiger partial charge on any atom is 0.317 e. The molecule has 2 fully saturated rings. The molecule has 0 aromatic rings. The van der Waals surface area contributed by atoms with Crippen molar-refractivity contribution in [1.29, 1.82) is 0 Å². The van der Waals surface area contributed by atoms with Crippen molar-refractivity contribution in [3.05, 3.63) is 0 Å². The number of ether oxygens (including phenoxy) is 8. The van der Waals surface area contributed by atoms with E-state index < -0.39 is 129 Å². The normalized spacial score (nSPS) is 29.0. The largest absolute Gasteiger partial charge is 0.481 e. The first kappa shape index (κ1) is 47.7. The Morgan fingerprint density at radius 3 is 1.91 bits per heavy atom. The molecule has 0 bridgehead atoms. The summed E-state index contributed by atoms with van der Waals surface area (Å²) in [5.41, 5.74) is 0. The average Bonchev–Trinajstić information content (AvgIpc) is 3.35. The maximum absolute atomic E-state index is 13.5. The van der Waals surface area contributed by atoms with Crippen molar-refractivity contribution in [2.24, 2.45) is 23.7 Å². The minimum atomic E-state index is -2.63. The molecular formula is C37H60O18. The molecule has 11 atom stereocenters. The van der Waals surface area contributed by atoms with Gasteiger partial charge in [-0.2, -0.15) is 0 Å². The summed E-state index contributed by atoms with van der Waals surface area (Å²) in [6, 6.07) is 0. The van der Waals surface area contributed by atoms with Crippen LogP contribution in [-0.2, 0) is 66.7 Å². The molecule has 55 heavy (non-hydrogen) atoms. The van der Waals surface area contributed by atoms with E-state index in [-0.39, 0.29) is 24.7 Å². The van der Waals surface area contributed by atoms with Gasteiger partial charge in [-0.05, 0) is 31.1 Å². The Kier molecular flexibility index (Phi) is 19.4. The molecule has 18 heteroatoms. The van der Waals surface area contributed by atoms with Crippen LogP contribution in [0.25, 0.3) is 0 Å². The van der Waals surface area contributed by atoms with E-state index in [4.69, 9.17) is 43.0 Å². The summed E-state index contributed by atoms with van der Waals surface area (Å²) in [6.45, 7) is 11.6. The Morgan fingerprint density at radius 1 is 0.745 bits per heavy atom. The third kappa shape index (κ3) is 14.2. The van der Waals surface area contributed by atoms with Gasteiger partial charge in [0.1, 0.15) is 44.1 Å². The number of rotatable bonds is 22. The second kappa shape index (κ2) is 22.4. The van der Waals surface area contributed by atoms with Crippen molar-refractivity contribution in [2.45, 2.75) is 155 Å². The average molecular weight is 793 g/mol. The Labute approximate surface area is 321 Å². The molecular weight excluding hydrogens is 732 g/mol. The molecule has 2 unspecified atom stereocenters. The van der Waals surface area contributed by atoms with Crippen LogP contribution < -0.4 is 0 Å². The molecule has 2 saturated heterocycles. The molecule has 0 radical (unpaired) electrons. The lowest BCUT2D eigenvalue weighted by Gasteiger charge is -2.46. The first-order valence-electron chi connectivity index (χ1n) is 18.9. The summed E-state index contributed by atoms with van der Waals surface area (Å²) < 4.78 is 46.4. The molecule has 2 aliphatic rings. The van der Waals surface area contributed by atoms with Crippen LogP contribution in [0.3, 0.4) is 0 Å². The minimum absolute atomic E-state index is 0.0898. The van der Waals surface area contributed by atoms with Crippen LogP contribution in [0.4, 0.5) is 0 Å². The highest BCUT2D eigenvalue weighted by Gasteiger charge is 2.61. The molecule has 4 N–H and O–H groups in total. The van der Waals surface area contributed by atoms with Gasteiger partial charge in [0.05, 0.1) is 18.4 Å². The van der Waals surface area contributed by atoms with Gasteiger partial charge >= 0.3 is 35.8 Å². The predicted molar refractivity (Wildman–Crippen MR) is 187 cm³/mol. The molecule has 0 spiro atoms. The molecule has 2 rings (SSSR count). The van der Waals surface area contributed by atoms with Crippen molar-refractivity contribution < 1.29 is 87.1 Å². The van der Waals surface area contributed by atoms with Gasteiger partial charge in [-0.3, -0.25) is 28.8 Å². The summed E-state index contributed by atoms with van der Waals surface area (Å²) in [6.07, 6.45) is -13.6. The zero-order chi connectivity index (χ0) is 41.6. The number of carbonyl (C=O) groups excluding carboxylic acids is 5.